The molecule has 2 heterocycles. The van der Waals surface area contributed by atoms with Gasteiger partial charge in [0.15, 0.2) is 0 Å². The van der Waals surface area contributed by atoms with Crippen molar-refractivity contribution in [1.29, 1.82) is 0 Å². The van der Waals surface area contributed by atoms with Crippen LogP contribution >= 0.6 is 23.2 Å². The number of fused-ring (bicyclic) bond motifs is 1. The summed E-state index contributed by atoms with van der Waals surface area (Å²) < 4.78 is 5.85. The number of hydrogen-bond donors (Lipinski definition) is 1. The van der Waals surface area contributed by atoms with Crippen LogP contribution in [0.1, 0.15) is 51.5 Å². The van der Waals surface area contributed by atoms with Gasteiger partial charge in [-0.2, -0.15) is 0 Å². The van der Waals surface area contributed by atoms with Gasteiger partial charge in [0.2, 0.25) is 5.91 Å². The highest BCUT2D eigenvalue weighted by molar-refractivity contribution is 6.34. The largest absolute Gasteiger partial charge is 0.361 e. The minimum Gasteiger partial charge on any atom is -0.361 e. The van der Waals surface area contributed by atoms with E-state index in [1.807, 2.05) is 23.1 Å². The van der Waals surface area contributed by atoms with Crippen molar-refractivity contribution in [3.63, 3.8) is 0 Å². The standard InChI is InChI=1S/C34H36Cl2N4O4/c1-3-16-38-17-19-39(20-18-38)31(41)21-24-10-15-32(44-2)40(30-14-11-25(35)22-28(24)30)34(43)23-8-12-26(13-9-23)37-33(42)27-6-4-5-7-29(27)36/h3-9,11-14,22,24,32H,1,10,15-21H2,2H3,(H,37,42). The number of methoxy groups -OCH3 is 1. The Balaban J connectivity index is 1.35. The number of ether oxygens (including phenoxy) is 1. The summed E-state index contributed by atoms with van der Waals surface area (Å²) in [6, 6.07) is 19.0. The second-order valence-electron chi connectivity index (χ2n) is 11.0. The number of amides is 3. The van der Waals surface area contributed by atoms with E-state index in [0.29, 0.717) is 64.9 Å². The van der Waals surface area contributed by atoms with Gasteiger partial charge in [-0.15, -0.1) is 6.58 Å². The number of anilines is 2. The molecule has 0 aromatic heterocycles. The van der Waals surface area contributed by atoms with Crippen LogP contribution in [0.4, 0.5) is 11.4 Å². The number of benzene rings is 3. The molecule has 2 aliphatic heterocycles. The summed E-state index contributed by atoms with van der Waals surface area (Å²) in [5, 5.41) is 3.72. The Kier molecular flexibility index (Phi) is 10.4. The molecule has 3 aromatic carbocycles. The van der Waals surface area contributed by atoms with Gasteiger partial charge in [-0.05, 0) is 78.9 Å². The number of halogens is 2. The molecule has 10 heteroatoms. The maximum Gasteiger partial charge on any atom is 0.260 e. The molecular formula is C34H36Cl2N4O4. The minimum atomic E-state index is -0.537. The summed E-state index contributed by atoms with van der Waals surface area (Å²) in [5.41, 5.74) is 2.85. The van der Waals surface area contributed by atoms with Gasteiger partial charge in [0.1, 0.15) is 6.23 Å². The van der Waals surface area contributed by atoms with Crippen molar-refractivity contribution < 1.29 is 19.1 Å². The zero-order chi connectivity index (χ0) is 31.2. The van der Waals surface area contributed by atoms with Crippen LogP contribution in [0.5, 0.6) is 0 Å². The van der Waals surface area contributed by atoms with E-state index in [1.54, 1.807) is 66.6 Å². The first kappa shape index (κ1) is 31.7. The number of nitrogens with zero attached hydrogens (tertiary/aromatic N) is 3. The van der Waals surface area contributed by atoms with Crippen molar-refractivity contribution in [2.75, 3.05) is 50.1 Å². The Morgan fingerprint density at radius 1 is 0.977 bits per heavy atom. The fourth-order valence-electron chi connectivity index (χ4n) is 5.91. The first-order valence-corrected chi connectivity index (χ1v) is 15.5. The zero-order valence-electron chi connectivity index (χ0n) is 24.7. The van der Waals surface area contributed by atoms with Crippen LogP contribution in [-0.4, -0.2) is 73.6 Å². The number of rotatable bonds is 8. The highest BCUT2D eigenvalue weighted by Crippen LogP contribution is 2.41. The SMILES string of the molecule is C=CCN1CCN(C(=O)CC2CCC(OC)N(C(=O)c3ccc(NC(=O)c4ccccc4Cl)cc3)c3ccc(Cl)cc32)CC1. The lowest BCUT2D eigenvalue weighted by molar-refractivity contribution is -0.133. The summed E-state index contributed by atoms with van der Waals surface area (Å²) in [7, 11) is 1.59. The summed E-state index contributed by atoms with van der Waals surface area (Å²) in [6.45, 7) is 7.64. The van der Waals surface area contributed by atoms with Crippen molar-refractivity contribution >= 4 is 52.3 Å². The molecule has 0 spiro atoms. The van der Waals surface area contributed by atoms with Gasteiger partial charge in [-0.3, -0.25) is 24.2 Å². The summed E-state index contributed by atoms with van der Waals surface area (Å²) >= 11 is 12.6. The molecule has 5 rings (SSSR count). The van der Waals surface area contributed by atoms with Crippen LogP contribution in [0.3, 0.4) is 0 Å². The Morgan fingerprint density at radius 3 is 2.39 bits per heavy atom. The van der Waals surface area contributed by atoms with Crippen molar-refractivity contribution in [1.82, 2.24) is 9.80 Å². The van der Waals surface area contributed by atoms with E-state index in [1.165, 1.54) is 0 Å². The fraction of sp³-hybridized carbons (Fsp3) is 0.324. The Bertz CT molecular complexity index is 1520. The molecule has 0 bridgehead atoms. The number of carbonyl (C=O) groups excluding carboxylic acids is 3. The number of nitrogens with one attached hydrogen (secondary N) is 1. The maximum absolute atomic E-state index is 14.1. The topological polar surface area (TPSA) is 82.2 Å². The molecule has 230 valence electrons. The van der Waals surface area contributed by atoms with Crippen molar-refractivity contribution in [3.8, 4) is 0 Å². The lowest BCUT2D eigenvalue weighted by Crippen LogP contribution is -2.48. The van der Waals surface area contributed by atoms with Crippen LogP contribution in [-0.2, 0) is 9.53 Å². The molecule has 1 N–H and O–H groups in total. The third-order valence-corrected chi connectivity index (χ3v) is 8.84. The molecule has 1 fully saturated rings. The van der Waals surface area contributed by atoms with E-state index in [9.17, 15) is 14.4 Å². The van der Waals surface area contributed by atoms with Crippen LogP contribution in [0, 0.1) is 0 Å². The molecule has 3 aromatic rings. The van der Waals surface area contributed by atoms with Gasteiger partial charge < -0.3 is 15.0 Å². The van der Waals surface area contributed by atoms with Gasteiger partial charge in [0.05, 0.1) is 16.3 Å². The quantitative estimate of drug-likeness (QED) is 0.288. The Morgan fingerprint density at radius 2 is 1.70 bits per heavy atom. The van der Waals surface area contributed by atoms with Crippen LogP contribution < -0.4 is 10.2 Å². The normalized spacial score (nSPS) is 18.7. The average molecular weight is 636 g/mol. The number of carbonyl (C=O) groups is 3. The third kappa shape index (κ3) is 7.16. The van der Waals surface area contributed by atoms with E-state index in [-0.39, 0.29) is 23.6 Å². The summed E-state index contributed by atoms with van der Waals surface area (Å²) in [4.78, 5) is 46.1. The van der Waals surface area contributed by atoms with Gasteiger partial charge >= 0.3 is 0 Å². The maximum atomic E-state index is 14.1. The number of piperazine rings is 1. The van der Waals surface area contributed by atoms with Crippen molar-refractivity contribution in [2.45, 2.75) is 31.4 Å². The molecule has 2 atom stereocenters. The van der Waals surface area contributed by atoms with Crippen LogP contribution in [0.2, 0.25) is 10.0 Å². The van der Waals surface area contributed by atoms with Crippen LogP contribution in [0.25, 0.3) is 0 Å². The molecule has 2 aliphatic rings. The van der Waals surface area contributed by atoms with Gasteiger partial charge in [0.25, 0.3) is 11.8 Å². The average Bonchev–Trinajstić information content (AvgIpc) is 3.18. The van der Waals surface area contributed by atoms with Crippen LogP contribution in [0.15, 0.2) is 79.4 Å². The first-order valence-electron chi connectivity index (χ1n) is 14.7. The van der Waals surface area contributed by atoms with Crippen molar-refractivity contribution in [2.24, 2.45) is 0 Å². The molecule has 1 saturated heterocycles. The van der Waals surface area contributed by atoms with E-state index < -0.39 is 6.23 Å². The predicted octanol–water partition coefficient (Wildman–Crippen LogP) is 6.46. The first-order chi connectivity index (χ1) is 21.3. The smallest absolute Gasteiger partial charge is 0.260 e. The summed E-state index contributed by atoms with van der Waals surface area (Å²) in [6.07, 6.45) is 2.88. The van der Waals surface area contributed by atoms with E-state index in [4.69, 9.17) is 27.9 Å². The Hall–Kier alpha value is -3.69. The molecule has 0 radical (unpaired) electrons. The minimum absolute atomic E-state index is 0.0994. The highest BCUT2D eigenvalue weighted by atomic mass is 35.5. The third-order valence-electron chi connectivity index (χ3n) is 8.27. The number of hydrogen-bond acceptors (Lipinski definition) is 5. The molecule has 44 heavy (non-hydrogen) atoms. The predicted molar refractivity (Wildman–Crippen MR) is 175 cm³/mol. The van der Waals surface area contributed by atoms with Gasteiger partial charge in [-0.25, -0.2) is 0 Å². The lowest BCUT2D eigenvalue weighted by Gasteiger charge is -2.35. The zero-order valence-corrected chi connectivity index (χ0v) is 26.2. The molecular weight excluding hydrogens is 599 g/mol. The van der Waals surface area contributed by atoms with E-state index in [0.717, 1.165) is 25.2 Å². The lowest BCUT2D eigenvalue weighted by atomic mass is 9.90. The van der Waals surface area contributed by atoms with Gasteiger partial charge in [-0.1, -0.05) is 41.4 Å². The second kappa shape index (κ2) is 14.4. The summed E-state index contributed by atoms with van der Waals surface area (Å²) in [5.74, 6) is -0.621. The highest BCUT2D eigenvalue weighted by Gasteiger charge is 2.35. The molecule has 3 amide bonds. The van der Waals surface area contributed by atoms with E-state index >= 15 is 0 Å². The monoisotopic (exact) mass is 634 g/mol. The fourth-order valence-corrected chi connectivity index (χ4v) is 6.31. The second-order valence-corrected chi connectivity index (χ2v) is 11.9. The van der Waals surface area contributed by atoms with E-state index in [2.05, 4.69) is 16.8 Å². The molecule has 0 saturated carbocycles. The molecule has 8 nitrogen and oxygen atoms in total. The van der Waals surface area contributed by atoms with Crippen molar-refractivity contribution in [3.05, 3.63) is 106 Å². The van der Waals surface area contributed by atoms with Gasteiger partial charge in [0, 0.05) is 62.5 Å². The molecule has 0 aliphatic carbocycles. The Labute approximate surface area is 268 Å². The molecule has 2 unspecified atom stereocenters.